The lowest BCUT2D eigenvalue weighted by atomic mass is 9.82. The van der Waals surface area contributed by atoms with E-state index >= 15 is 0 Å². The highest BCUT2D eigenvalue weighted by Crippen LogP contribution is 2.36. The molecule has 1 saturated heterocycles. The van der Waals surface area contributed by atoms with Crippen molar-refractivity contribution in [3.8, 4) is 0 Å². The molecule has 0 spiro atoms. The molecule has 1 fully saturated rings. The van der Waals surface area contributed by atoms with Crippen molar-refractivity contribution >= 4 is 17.7 Å². The molecule has 1 aliphatic carbocycles. The highest BCUT2D eigenvalue weighted by Gasteiger charge is 2.41. The highest BCUT2D eigenvalue weighted by atomic mass is 16.6. The fraction of sp³-hybridized carbons (Fsp3) is 0.591. The second kappa shape index (κ2) is 9.16. The summed E-state index contributed by atoms with van der Waals surface area (Å²) in [7, 11) is 0. The minimum Gasteiger partial charge on any atom is -0.462 e. The molecule has 2 aliphatic rings. The fourth-order valence-electron chi connectivity index (χ4n) is 3.86. The Kier molecular flexibility index (Phi) is 7.17. The van der Waals surface area contributed by atoms with Crippen molar-refractivity contribution in [1.29, 1.82) is 0 Å². The van der Waals surface area contributed by atoms with E-state index in [0.717, 1.165) is 24.8 Å². The number of ketones is 1. The molecule has 2 rings (SSSR count). The molecule has 0 aromatic carbocycles. The van der Waals surface area contributed by atoms with Crippen molar-refractivity contribution in [2.24, 2.45) is 11.8 Å². The van der Waals surface area contributed by atoms with Crippen molar-refractivity contribution < 1.29 is 23.9 Å². The SMILES string of the molecule is C=C1C(=O)O[C@H]2C=C(C)CC/C=C(\C)CC[C@H](C(C)=O)[C@@H](OC(C)=O)C[C@@H]12. The van der Waals surface area contributed by atoms with Gasteiger partial charge in [-0.1, -0.05) is 23.8 Å². The maximum absolute atomic E-state index is 12.3. The summed E-state index contributed by atoms with van der Waals surface area (Å²) in [6.07, 6.45) is 6.65. The van der Waals surface area contributed by atoms with Crippen LogP contribution in [0.2, 0.25) is 0 Å². The quantitative estimate of drug-likeness (QED) is 0.414. The molecule has 27 heavy (non-hydrogen) atoms. The summed E-state index contributed by atoms with van der Waals surface area (Å²) < 4.78 is 11.0. The molecule has 0 amide bonds. The molecule has 1 aliphatic heterocycles. The van der Waals surface area contributed by atoms with Gasteiger partial charge in [-0.2, -0.15) is 0 Å². The van der Waals surface area contributed by atoms with Crippen molar-refractivity contribution in [2.75, 3.05) is 0 Å². The van der Waals surface area contributed by atoms with Gasteiger partial charge in [0.25, 0.3) is 0 Å². The van der Waals surface area contributed by atoms with Crippen LogP contribution in [0.4, 0.5) is 0 Å². The number of carbonyl (C=O) groups is 3. The van der Waals surface area contributed by atoms with Crippen molar-refractivity contribution in [2.45, 2.75) is 72.0 Å². The molecule has 1 heterocycles. The Labute approximate surface area is 161 Å². The predicted molar refractivity (Wildman–Crippen MR) is 103 cm³/mol. The Morgan fingerprint density at radius 3 is 2.52 bits per heavy atom. The van der Waals surface area contributed by atoms with E-state index in [1.54, 1.807) is 0 Å². The standard InChI is InChI=1S/C22H30O5/c1-13-7-6-8-14(2)11-20-19(15(3)22(25)27-20)12-21(26-17(5)24)18(10-9-13)16(4)23/h7,11,18-21H,3,6,8-10,12H2,1-2,4-5H3/b13-7+,14-11?/t18-,19+,20+,21+/m1/s1. The molecule has 148 valence electrons. The molecule has 0 aromatic rings. The predicted octanol–water partition coefficient (Wildman–Crippen LogP) is 4.08. The Morgan fingerprint density at radius 2 is 1.89 bits per heavy atom. The van der Waals surface area contributed by atoms with Crippen molar-refractivity contribution in [3.63, 3.8) is 0 Å². The third-order valence-electron chi connectivity index (χ3n) is 5.45. The van der Waals surface area contributed by atoms with E-state index in [1.165, 1.54) is 19.4 Å². The van der Waals surface area contributed by atoms with Gasteiger partial charge in [-0.25, -0.2) is 4.79 Å². The Bertz CT molecular complexity index is 685. The first-order valence-corrected chi connectivity index (χ1v) is 9.59. The summed E-state index contributed by atoms with van der Waals surface area (Å²) >= 11 is 0. The minimum absolute atomic E-state index is 0.0111. The normalized spacial score (nSPS) is 31.9. The smallest absolute Gasteiger partial charge is 0.334 e. The molecule has 0 N–H and O–H groups in total. The van der Waals surface area contributed by atoms with Gasteiger partial charge in [0, 0.05) is 18.4 Å². The summed E-state index contributed by atoms with van der Waals surface area (Å²) in [5, 5.41) is 0. The number of esters is 2. The first-order chi connectivity index (χ1) is 12.7. The third kappa shape index (κ3) is 5.65. The fourth-order valence-corrected chi connectivity index (χ4v) is 3.86. The second-order valence-electron chi connectivity index (χ2n) is 7.74. The zero-order chi connectivity index (χ0) is 20.1. The summed E-state index contributed by atoms with van der Waals surface area (Å²) in [6.45, 7) is 10.9. The second-order valence-corrected chi connectivity index (χ2v) is 7.74. The molecular weight excluding hydrogens is 344 g/mol. The summed E-state index contributed by atoms with van der Waals surface area (Å²) in [5.74, 6) is -1.57. The van der Waals surface area contributed by atoms with Crippen LogP contribution in [0.5, 0.6) is 0 Å². The largest absolute Gasteiger partial charge is 0.462 e. The van der Waals surface area contributed by atoms with E-state index in [1.807, 2.05) is 13.0 Å². The highest BCUT2D eigenvalue weighted by molar-refractivity contribution is 5.91. The van der Waals surface area contributed by atoms with Gasteiger partial charge in [-0.3, -0.25) is 9.59 Å². The van der Waals surface area contributed by atoms with Crippen LogP contribution in [0, 0.1) is 11.8 Å². The number of rotatable bonds is 2. The van der Waals surface area contributed by atoms with Crippen LogP contribution in [0.1, 0.15) is 59.8 Å². The van der Waals surface area contributed by atoms with Crippen LogP contribution in [0.3, 0.4) is 0 Å². The third-order valence-corrected chi connectivity index (χ3v) is 5.45. The lowest BCUT2D eigenvalue weighted by Gasteiger charge is -2.28. The van der Waals surface area contributed by atoms with Gasteiger partial charge in [0.1, 0.15) is 18.0 Å². The Hall–Kier alpha value is -2.17. The van der Waals surface area contributed by atoms with Gasteiger partial charge in [0.2, 0.25) is 0 Å². The first kappa shape index (κ1) is 21.1. The van der Waals surface area contributed by atoms with Crippen LogP contribution < -0.4 is 0 Å². The minimum atomic E-state index is -0.596. The van der Waals surface area contributed by atoms with Gasteiger partial charge in [0.05, 0.1) is 5.92 Å². The van der Waals surface area contributed by atoms with Crippen LogP contribution in [0.15, 0.2) is 35.5 Å². The number of hydrogen-bond acceptors (Lipinski definition) is 5. The molecule has 5 nitrogen and oxygen atoms in total. The molecule has 5 heteroatoms. The van der Waals surface area contributed by atoms with Crippen LogP contribution in [0.25, 0.3) is 0 Å². The van der Waals surface area contributed by atoms with Crippen molar-refractivity contribution in [1.82, 2.24) is 0 Å². The van der Waals surface area contributed by atoms with Gasteiger partial charge < -0.3 is 9.47 Å². The van der Waals surface area contributed by atoms with E-state index in [9.17, 15) is 14.4 Å². The van der Waals surface area contributed by atoms with Gasteiger partial charge in [-0.05, 0) is 59.0 Å². The Balaban J connectivity index is 2.41. The molecule has 4 atom stereocenters. The van der Waals surface area contributed by atoms with E-state index in [2.05, 4.69) is 19.6 Å². The lowest BCUT2D eigenvalue weighted by molar-refractivity contribution is -0.152. The zero-order valence-electron chi connectivity index (χ0n) is 16.7. The van der Waals surface area contributed by atoms with Gasteiger partial charge in [0.15, 0.2) is 0 Å². The number of Topliss-reactive ketones (excluding diaryl/α,β-unsaturated/α-hetero) is 1. The summed E-state index contributed by atoms with van der Waals surface area (Å²) in [5.41, 5.74) is 2.75. The van der Waals surface area contributed by atoms with E-state index in [-0.39, 0.29) is 11.7 Å². The summed E-state index contributed by atoms with van der Waals surface area (Å²) in [4.78, 5) is 36.1. The maximum atomic E-state index is 12.3. The molecule has 0 radical (unpaired) electrons. The average Bonchev–Trinajstić information content (AvgIpc) is 2.81. The number of fused-ring (bicyclic) bond motifs is 1. The topological polar surface area (TPSA) is 69.7 Å². The number of ether oxygens (including phenoxy) is 2. The van der Waals surface area contributed by atoms with Crippen molar-refractivity contribution in [3.05, 3.63) is 35.5 Å². The molecular formula is C22H30O5. The van der Waals surface area contributed by atoms with Gasteiger partial charge >= 0.3 is 11.9 Å². The monoisotopic (exact) mass is 374 g/mol. The van der Waals surface area contributed by atoms with Gasteiger partial charge in [-0.15, -0.1) is 0 Å². The Morgan fingerprint density at radius 1 is 1.19 bits per heavy atom. The van der Waals surface area contributed by atoms with Crippen LogP contribution >= 0.6 is 0 Å². The summed E-state index contributed by atoms with van der Waals surface area (Å²) in [6, 6.07) is 0. The van der Waals surface area contributed by atoms with Crippen LogP contribution in [-0.4, -0.2) is 29.9 Å². The number of hydrogen-bond donors (Lipinski definition) is 0. The number of allylic oxidation sites excluding steroid dienone is 3. The van der Waals surface area contributed by atoms with E-state index < -0.39 is 30.1 Å². The maximum Gasteiger partial charge on any atom is 0.334 e. The van der Waals surface area contributed by atoms with E-state index in [0.29, 0.717) is 18.4 Å². The molecule has 0 unspecified atom stereocenters. The van der Waals surface area contributed by atoms with Crippen LogP contribution in [-0.2, 0) is 23.9 Å². The molecule has 0 aromatic heterocycles. The number of carbonyl (C=O) groups excluding carboxylic acids is 3. The average molecular weight is 374 g/mol. The zero-order valence-corrected chi connectivity index (χ0v) is 16.7. The molecule has 0 bridgehead atoms. The first-order valence-electron chi connectivity index (χ1n) is 9.59. The van der Waals surface area contributed by atoms with E-state index in [4.69, 9.17) is 9.47 Å². The molecule has 0 saturated carbocycles. The lowest BCUT2D eigenvalue weighted by Crippen LogP contribution is -2.34.